The van der Waals surface area contributed by atoms with E-state index in [1.54, 1.807) is 18.3 Å². The number of carboxylic acids is 1. The van der Waals surface area contributed by atoms with Gasteiger partial charge in [0, 0.05) is 6.20 Å². The van der Waals surface area contributed by atoms with Gasteiger partial charge >= 0.3 is 5.97 Å². The number of halogens is 1. The highest BCUT2D eigenvalue weighted by atomic mass is 79.9. The Hall–Kier alpha value is -0.900. The Morgan fingerprint density at radius 1 is 1.50 bits per heavy atom. The maximum atomic E-state index is 11.0. The molecule has 0 radical (unpaired) electrons. The van der Waals surface area contributed by atoms with Crippen LogP contribution in [0.5, 0.6) is 0 Å². The molecule has 0 spiro atoms. The molecule has 0 aliphatic rings. The third-order valence-corrected chi connectivity index (χ3v) is 2.51. The zero-order valence-electron chi connectivity index (χ0n) is 8.07. The van der Waals surface area contributed by atoms with E-state index < -0.39 is 11.9 Å². The molecule has 1 heterocycles. The fourth-order valence-corrected chi connectivity index (χ4v) is 1.62. The number of hydrogen-bond acceptors (Lipinski definition) is 2. The van der Waals surface area contributed by atoms with E-state index in [1.165, 1.54) is 0 Å². The van der Waals surface area contributed by atoms with E-state index in [9.17, 15) is 4.79 Å². The molecule has 4 heteroatoms. The van der Waals surface area contributed by atoms with Crippen LogP contribution >= 0.6 is 15.9 Å². The molecule has 1 unspecified atom stereocenters. The van der Waals surface area contributed by atoms with Crippen LogP contribution in [0.2, 0.25) is 0 Å². The van der Waals surface area contributed by atoms with Crippen LogP contribution in [0.1, 0.15) is 25.3 Å². The monoisotopic (exact) mass is 257 g/mol. The molecule has 0 saturated heterocycles. The second-order valence-electron chi connectivity index (χ2n) is 3.47. The van der Waals surface area contributed by atoms with E-state index in [0.29, 0.717) is 4.60 Å². The standard InChI is InChI=1S/C10H12BrNO2/c1-6(2)9(10(13)14)7-3-4-8(11)12-5-7/h3-6,9H,1-2H3,(H,13,14). The topological polar surface area (TPSA) is 50.2 Å². The van der Waals surface area contributed by atoms with Crippen LogP contribution in [0.3, 0.4) is 0 Å². The average molecular weight is 258 g/mol. The van der Waals surface area contributed by atoms with Crippen LogP contribution in [-0.4, -0.2) is 16.1 Å². The molecule has 76 valence electrons. The normalized spacial score (nSPS) is 12.9. The lowest BCUT2D eigenvalue weighted by atomic mass is 9.90. The fraction of sp³-hybridized carbons (Fsp3) is 0.400. The maximum absolute atomic E-state index is 11.0. The van der Waals surface area contributed by atoms with Crippen molar-refractivity contribution < 1.29 is 9.90 Å². The molecule has 0 fully saturated rings. The largest absolute Gasteiger partial charge is 0.481 e. The third-order valence-electron chi connectivity index (χ3n) is 2.04. The fourth-order valence-electron chi connectivity index (χ4n) is 1.38. The van der Waals surface area contributed by atoms with Crippen LogP contribution in [0.25, 0.3) is 0 Å². The first-order valence-electron chi connectivity index (χ1n) is 4.36. The van der Waals surface area contributed by atoms with Crippen LogP contribution < -0.4 is 0 Å². The Bertz CT molecular complexity index is 321. The van der Waals surface area contributed by atoms with Gasteiger partial charge in [-0.05, 0) is 33.5 Å². The van der Waals surface area contributed by atoms with Gasteiger partial charge in [0.25, 0.3) is 0 Å². The number of pyridine rings is 1. The lowest BCUT2D eigenvalue weighted by Gasteiger charge is -2.15. The Labute approximate surface area is 91.3 Å². The van der Waals surface area contributed by atoms with Gasteiger partial charge in [-0.2, -0.15) is 0 Å². The van der Waals surface area contributed by atoms with Gasteiger partial charge in [0.2, 0.25) is 0 Å². The van der Waals surface area contributed by atoms with Crippen molar-refractivity contribution in [3.63, 3.8) is 0 Å². The molecule has 0 aromatic carbocycles. The summed E-state index contributed by atoms with van der Waals surface area (Å²) in [5.41, 5.74) is 0.746. The number of hydrogen-bond donors (Lipinski definition) is 1. The van der Waals surface area contributed by atoms with E-state index in [1.807, 2.05) is 13.8 Å². The Balaban J connectivity index is 3.00. The second kappa shape index (κ2) is 4.55. The van der Waals surface area contributed by atoms with E-state index >= 15 is 0 Å². The molecule has 14 heavy (non-hydrogen) atoms. The minimum atomic E-state index is -0.802. The molecule has 0 bridgehead atoms. The van der Waals surface area contributed by atoms with Gasteiger partial charge in [-0.25, -0.2) is 4.98 Å². The van der Waals surface area contributed by atoms with E-state index in [-0.39, 0.29) is 5.92 Å². The summed E-state index contributed by atoms with van der Waals surface area (Å²) in [5.74, 6) is -1.21. The molecule has 1 aromatic heterocycles. The van der Waals surface area contributed by atoms with Gasteiger partial charge in [-0.15, -0.1) is 0 Å². The Morgan fingerprint density at radius 3 is 2.50 bits per heavy atom. The summed E-state index contributed by atoms with van der Waals surface area (Å²) in [6, 6.07) is 3.55. The molecule has 0 amide bonds. The quantitative estimate of drug-likeness (QED) is 0.848. The number of nitrogens with zero attached hydrogens (tertiary/aromatic N) is 1. The summed E-state index contributed by atoms with van der Waals surface area (Å²) < 4.78 is 0.717. The highest BCUT2D eigenvalue weighted by Crippen LogP contribution is 2.24. The zero-order valence-corrected chi connectivity index (χ0v) is 9.65. The van der Waals surface area contributed by atoms with Crippen LogP contribution in [0.15, 0.2) is 22.9 Å². The first-order chi connectivity index (χ1) is 6.52. The van der Waals surface area contributed by atoms with Crippen molar-refractivity contribution in [1.82, 2.24) is 4.98 Å². The van der Waals surface area contributed by atoms with E-state index in [4.69, 9.17) is 5.11 Å². The summed E-state index contributed by atoms with van der Waals surface area (Å²) in [5, 5.41) is 9.03. The van der Waals surface area contributed by atoms with Crippen molar-refractivity contribution >= 4 is 21.9 Å². The molecule has 1 N–H and O–H groups in total. The number of carbonyl (C=O) groups is 1. The second-order valence-corrected chi connectivity index (χ2v) is 4.29. The van der Waals surface area contributed by atoms with Crippen molar-refractivity contribution in [3.8, 4) is 0 Å². The molecule has 0 saturated carbocycles. The van der Waals surface area contributed by atoms with Crippen molar-refractivity contribution in [3.05, 3.63) is 28.5 Å². The average Bonchev–Trinajstić information content (AvgIpc) is 2.07. The highest BCUT2D eigenvalue weighted by Gasteiger charge is 2.23. The number of rotatable bonds is 3. The van der Waals surface area contributed by atoms with E-state index in [2.05, 4.69) is 20.9 Å². The molecular weight excluding hydrogens is 246 g/mol. The SMILES string of the molecule is CC(C)C(C(=O)O)c1ccc(Br)nc1. The van der Waals surface area contributed by atoms with Crippen molar-refractivity contribution in [2.45, 2.75) is 19.8 Å². The molecule has 1 aromatic rings. The molecule has 0 aliphatic heterocycles. The zero-order chi connectivity index (χ0) is 10.7. The number of aliphatic carboxylic acids is 1. The summed E-state index contributed by atoms with van der Waals surface area (Å²) in [7, 11) is 0. The van der Waals surface area contributed by atoms with Gasteiger partial charge in [0.05, 0.1) is 5.92 Å². The third kappa shape index (κ3) is 2.54. The Kier molecular flexibility index (Phi) is 3.63. The lowest BCUT2D eigenvalue weighted by Crippen LogP contribution is -2.17. The molecule has 0 aliphatic carbocycles. The molecule has 1 atom stereocenters. The van der Waals surface area contributed by atoms with E-state index in [0.717, 1.165) is 5.56 Å². The first-order valence-corrected chi connectivity index (χ1v) is 5.16. The number of aromatic nitrogens is 1. The van der Waals surface area contributed by atoms with Crippen LogP contribution in [0.4, 0.5) is 0 Å². The van der Waals surface area contributed by atoms with Gasteiger partial charge in [0.1, 0.15) is 4.60 Å². The van der Waals surface area contributed by atoms with Crippen molar-refractivity contribution in [1.29, 1.82) is 0 Å². The molecular formula is C10H12BrNO2. The summed E-state index contributed by atoms with van der Waals surface area (Å²) in [6.45, 7) is 3.78. The van der Waals surface area contributed by atoms with Gasteiger partial charge < -0.3 is 5.11 Å². The minimum Gasteiger partial charge on any atom is -0.481 e. The predicted molar refractivity (Wildman–Crippen MR) is 57.2 cm³/mol. The molecule has 3 nitrogen and oxygen atoms in total. The van der Waals surface area contributed by atoms with Gasteiger partial charge in [0.15, 0.2) is 0 Å². The Morgan fingerprint density at radius 2 is 2.14 bits per heavy atom. The van der Waals surface area contributed by atoms with Crippen molar-refractivity contribution in [2.24, 2.45) is 5.92 Å². The highest BCUT2D eigenvalue weighted by molar-refractivity contribution is 9.10. The van der Waals surface area contributed by atoms with Crippen LogP contribution in [0, 0.1) is 5.92 Å². The maximum Gasteiger partial charge on any atom is 0.311 e. The van der Waals surface area contributed by atoms with Crippen LogP contribution in [-0.2, 0) is 4.79 Å². The predicted octanol–water partition coefficient (Wildman–Crippen LogP) is 2.67. The van der Waals surface area contributed by atoms with Gasteiger partial charge in [-0.3, -0.25) is 4.79 Å². The minimum absolute atomic E-state index is 0.0653. The summed E-state index contributed by atoms with van der Waals surface area (Å²) >= 11 is 3.21. The summed E-state index contributed by atoms with van der Waals surface area (Å²) in [4.78, 5) is 15.0. The first kappa shape index (κ1) is 11.2. The van der Waals surface area contributed by atoms with Crippen molar-refractivity contribution in [2.75, 3.05) is 0 Å². The van der Waals surface area contributed by atoms with Gasteiger partial charge in [-0.1, -0.05) is 19.9 Å². The lowest BCUT2D eigenvalue weighted by molar-refractivity contribution is -0.139. The summed E-state index contributed by atoms with van der Waals surface area (Å²) in [6.07, 6.45) is 1.60. The molecule has 1 rings (SSSR count). The number of carboxylic acid groups (broad SMARTS) is 1. The smallest absolute Gasteiger partial charge is 0.311 e.